The number of nitrogens with zero attached hydrogens (tertiary/aromatic N) is 2. The molecule has 0 aromatic heterocycles. The van der Waals surface area contributed by atoms with E-state index in [1.165, 1.54) is 63.9 Å². The molecule has 2 N–H and O–H groups in total. The van der Waals surface area contributed by atoms with Crippen molar-refractivity contribution in [1.29, 1.82) is 0 Å². The molecule has 2 aliphatic rings. The number of hydrogen-bond acceptors (Lipinski definition) is 3. The molecule has 2 saturated heterocycles. The van der Waals surface area contributed by atoms with E-state index in [0.29, 0.717) is 4.75 Å². The average Bonchev–Trinajstić information content (AvgIpc) is 2.99. The Morgan fingerprint density at radius 2 is 2.04 bits per heavy atom. The zero-order valence-corrected chi connectivity index (χ0v) is 16.2. The molecule has 134 valence electrons. The molecule has 0 bridgehead atoms. The van der Waals surface area contributed by atoms with E-state index in [1.807, 2.05) is 7.05 Å². The minimum atomic E-state index is 0.392. The molecule has 2 heterocycles. The lowest BCUT2D eigenvalue weighted by Crippen LogP contribution is -2.44. The normalized spacial score (nSPS) is 27.3. The van der Waals surface area contributed by atoms with Crippen LogP contribution >= 0.6 is 11.8 Å². The van der Waals surface area contributed by atoms with E-state index in [4.69, 9.17) is 0 Å². The van der Waals surface area contributed by atoms with E-state index in [1.54, 1.807) is 0 Å². The molecule has 5 heteroatoms. The summed E-state index contributed by atoms with van der Waals surface area (Å²) >= 11 is 2.09. The first kappa shape index (κ1) is 18.9. The molecule has 0 spiro atoms. The first-order valence-corrected chi connectivity index (χ1v) is 10.4. The van der Waals surface area contributed by atoms with Crippen LogP contribution in [0.3, 0.4) is 0 Å². The highest BCUT2D eigenvalue weighted by Crippen LogP contribution is 2.36. The van der Waals surface area contributed by atoms with Gasteiger partial charge >= 0.3 is 0 Å². The van der Waals surface area contributed by atoms with Crippen LogP contribution in [0, 0.1) is 5.92 Å². The number of piperidine rings is 1. The molecule has 0 aromatic carbocycles. The Hall–Kier alpha value is -0.420. The van der Waals surface area contributed by atoms with Crippen molar-refractivity contribution in [1.82, 2.24) is 15.5 Å². The van der Waals surface area contributed by atoms with Crippen LogP contribution in [0.15, 0.2) is 4.99 Å². The van der Waals surface area contributed by atoms with E-state index in [0.717, 1.165) is 25.0 Å². The third kappa shape index (κ3) is 6.92. The standard InChI is InChI=1S/C18H36N4S/c1-16-7-12-22(13-8-16)11-5-4-10-20-17(19-3)21-15-18(2)9-6-14-23-18/h16H,4-15H2,1-3H3,(H2,19,20,21). The summed E-state index contributed by atoms with van der Waals surface area (Å²) < 4.78 is 0.392. The predicted molar refractivity (Wildman–Crippen MR) is 104 cm³/mol. The van der Waals surface area contributed by atoms with Gasteiger partial charge in [0.15, 0.2) is 5.96 Å². The lowest BCUT2D eigenvalue weighted by atomic mass is 9.99. The average molecular weight is 341 g/mol. The summed E-state index contributed by atoms with van der Waals surface area (Å²) in [6, 6.07) is 0. The summed E-state index contributed by atoms with van der Waals surface area (Å²) in [5.41, 5.74) is 0. The monoisotopic (exact) mass is 340 g/mol. The number of aliphatic imine (C=N–C) groups is 1. The number of nitrogens with one attached hydrogen (secondary N) is 2. The smallest absolute Gasteiger partial charge is 0.191 e. The van der Waals surface area contributed by atoms with Crippen LogP contribution < -0.4 is 10.6 Å². The van der Waals surface area contributed by atoms with E-state index in [9.17, 15) is 0 Å². The quantitative estimate of drug-likeness (QED) is 0.425. The van der Waals surface area contributed by atoms with Crippen LogP contribution in [0.4, 0.5) is 0 Å². The van der Waals surface area contributed by atoms with Crippen LogP contribution in [0.5, 0.6) is 0 Å². The number of rotatable bonds is 7. The van der Waals surface area contributed by atoms with Crippen molar-refractivity contribution in [2.24, 2.45) is 10.9 Å². The molecule has 0 amide bonds. The second kappa shape index (κ2) is 9.77. The fourth-order valence-corrected chi connectivity index (χ4v) is 4.66. The van der Waals surface area contributed by atoms with Crippen molar-refractivity contribution < 1.29 is 0 Å². The third-order valence-corrected chi connectivity index (χ3v) is 6.76. The largest absolute Gasteiger partial charge is 0.356 e. The number of hydrogen-bond donors (Lipinski definition) is 2. The van der Waals surface area contributed by atoms with Crippen molar-refractivity contribution in [3.05, 3.63) is 0 Å². The lowest BCUT2D eigenvalue weighted by Gasteiger charge is -2.30. The van der Waals surface area contributed by atoms with Gasteiger partial charge in [0.05, 0.1) is 0 Å². The van der Waals surface area contributed by atoms with Gasteiger partial charge in [-0.05, 0) is 76.8 Å². The van der Waals surface area contributed by atoms with Gasteiger partial charge in [-0.25, -0.2) is 0 Å². The Morgan fingerprint density at radius 3 is 2.70 bits per heavy atom. The predicted octanol–water partition coefficient (Wildman–Crippen LogP) is 2.95. The first-order chi connectivity index (χ1) is 11.1. The van der Waals surface area contributed by atoms with E-state index in [2.05, 4.69) is 46.1 Å². The van der Waals surface area contributed by atoms with Gasteiger partial charge in [0.1, 0.15) is 0 Å². The molecule has 0 saturated carbocycles. The van der Waals surface area contributed by atoms with Crippen molar-refractivity contribution in [2.45, 2.75) is 57.1 Å². The van der Waals surface area contributed by atoms with Gasteiger partial charge in [-0.3, -0.25) is 4.99 Å². The molecule has 0 aliphatic carbocycles. The molecule has 23 heavy (non-hydrogen) atoms. The molecule has 2 rings (SSSR count). The van der Waals surface area contributed by atoms with Gasteiger partial charge < -0.3 is 15.5 Å². The fraction of sp³-hybridized carbons (Fsp3) is 0.944. The van der Waals surface area contributed by atoms with Crippen LogP contribution in [-0.2, 0) is 0 Å². The lowest BCUT2D eigenvalue weighted by molar-refractivity contribution is 0.189. The second-order valence-corrected chi connectivity index (χ2v) is 9.17. The van der Waals surface area contributed by atoms with Gasteiger partial charge in [0.25, 0.3) is 0 Å². The molecule has 0 aromatic rings. The second-order valence-electron chi connectivity index (χ2n) is 7.49. The van der Waals surface area contributed by atoms with E-state index in [-0.39, 0.29) is 0 Å². The van der Waals surface area contributed by atoms with Gasteiger partial charge in [0.2, 0.25) is 0 Å². The molecule has 1 unspecified atom stereocenters. The van der Waals surface area contributed by atoms with Crippen LogP contribution in [0.25, 0.3) is 0 Å². The van der Waals surface area contributed by atoms with Crippen molar-refractivity contribution in [3.63, 3.8) is 0 Å². The first-order valence-electron chi connectivity index (χ1n) is 9.42. The minimum absolute atomic E-state index is 0.392. The van der Waals surface area contributed by atoms with Crippen molar-refractivity contribution in [2.75, 3.05) is 45.5 Å². The summed E-state index contributed by atoms with van der Waals surface area (Å²) in [6.45, 7) is 10.6. The zero-order chi connectivity index (χ0) is 16.5. The minimum Gasteiger partial charge on any atom is -0.356 e. The number of guanidine groups is 1. The Bertz CT molecular complexity index is 358. The summed E-state index contributed by atoms with van der Waals surface area (Å²) in [7, 11) is 1.87. The van der Waals surface area contributed by atoms with E-state index >= 15 is 0 Å². The highest BCUT2D eigenvalue weighted by molar-refractivity contribution is 8.00. The highest BCUT2D eigenvalue weighted by Gasteiger charge is 2.29. The maximum absolute atomic E-state index is 4.35. The molecular weight excluding hydrogens is 304 g/mol. The Balaban J connectivity index is 1.52. The zero-order valence-electron chi connectivity index (χ0n) is 15.4. The number of likely N-dealkylation sites (tertiary alicyclic amines) is 1. The number of unbranched alkanes of at least 4 members (excludes halogenated alkanes) is 1. The van der Waals surface area contributed by atoms with Crippen LogP contribution in [0.1, 0.15) is 52.4 Å². The summed E-state index contributed by atoms with van der Waals surface area (Å²) in [5, 5.41) is 6.97. The maximum Gasteiger partial charge on any atom is 0.191 e. The van der Waals surface area contributed by atoms with Crippen molar-refractivity contribution >= 4 is 17.7 Å². The highest BCUT2D eigenvalue weighted by atomic mass is 32.2. The summed E-state index contributed by atoms with van der Waals surface area (Å²) in [6.07, 6.45) is 7.93. The van der Waals surface area contributed by atoms with Gasteiger partial charge in [-0.1, -0.05) is 6.92 Å². The van der Waals surface area contributed by atoms with Crippen LogP contribution in [-0.4, -0.2) is 61.1 Å². The maximum atomic E-state index is 4.35. The SMILES string of the molecule is CN=C(NCCCCN1CCC(C)CC1)NCC1(C)CCCS1. The Labute approximate surface area is 147 Å². The van der Waals surface area contributed by atoms with Gasteiger partial charge in [0, 0.05) is 24.9 Å². The van der Waals surface area contributed by atoms with E-state index < -0.39 is 0 Å². The van der Waals surface area contributed by atoms with Gasteiger partial charge in [-0.15, -0.1) is 0 Å². The van der Waals surface area contributed by atoms with Crippen molar-refractivity contribution in [3.8, 4) is 0 Å². The Morgan fingerprint density at radius 1 is 1.26 bits per heavy atom. The number of thioether (sulfide) groups is 1. The summed E-state index contributed by atoms with van der Waals surface area (Å²) in [4.78, 5) is 6.98. The molecule has 0 radical (unpaired) electrons. The topological polar surface area (TPSA) is 39.7 Å². The molecule has 2 fully saturated rings. The van der Waals surface area contributed by atoms with Crippen LogP contribution in [0.2, 0.25) is 0 Å². The fourth-order valence-electron chi connectivity index (χ4n) is 3.42. The van der Waals surface area contributed by atoms with Gasteiger partial charge in [-0.2, -0.15) is 11.8 Å². The molecule has 1 atom stereocenters. The summed E-state index contributed by atoms with van der Waals surface area (Å²) in [5.74, 6) is 3.20. The Kier molecular flexibility index (Phi) is 8.04. The molecule has 2 aliphatic heterocycles. The third-order valence-electron chi connectivity index (χ3n) is 5.22. The molecule has 4 nitrogen and oxygen atoms in total. The molecular formula is C18H36N4S.